The fourth-order valence-corrected chi connectivity index (χ4v) is 5.34. The summed E-state index contributed by atoms with van der Waals surface area (Å²) in [6.07, 6.45) is 2.92. The van der Waals surface area contributed by atoms with Gasteiger partial charge in [-0.3, -0.25) is 25.0 Å². The first-order valence-corrected chi connectivity index (χ1v) is 12.1. The van der Waals surface area contributed by atoms with Crippen LogP contribution in [0, 0.1) is 5.92 Å². The molecular weight excluding hydrogens is 478 g/mol. The lowest BCUT2D eigenvalue weighted by molar-refractivity contribution is -0.127. The highest BCUT2D eigenvalue weighted by Crippen LogP contribution is 2.44. The molecule has 5 rings (SSSR count). The minimum Gasteiger partial charge on any atom is -0.497 e. The summed E-state index contributed by atoms with van der Waals surface area (Å²) in [6, 6.07) is 10.5. The molecule has 11 heteroatoms. The number of carbonyl (C=O) groups excluding carboxylic acids is 5. The Kier molecular flexibility index (Phi) is 6.28. The quantitative estimate of drug-likeness (QED) is 0.317. The Bertz CT molecular complexity index is 1270. The van der Waals surface area contributed by atoms with Crippen LogP contribution in [0.2, 0.25) is 0 Å². The Labute approximate surface area is 212 Å². The lowest BCUT2D eigenvalue weighted by Crippen LogP contribution is -2.52. The highest BCUT2D eigenvalue weighted by Gasteiger charge is 2.54. The number of amides is 7. The average molecular weight is 506 g/mol. The van der Waals surface area contributed by atoms with Crippen molar-refractivity contribution < 1.29 is 28.7 Å². The van der Waals surface area contributed by atoms with Crippen LogP contribution >= 0.6 is 0 Å². The summed E-state index contributed by atoms with van der Waals surface area (Å²) in [6.45, 7) is 0.507. The zero-order valence-corrected chi connectivity index (χ0v) is 20.2. The van der Waals surface area contributed by atoms with Crippen molar-refractivity contribution >= 4 is 30.3 Å². The molecule has 2 fully saturated rings. The number of ether oxygens (including phenoxy) is 1. The molecule has 3 aliphatic rings. The zero-order valence-electron chi connectivity index (χ0n) is 20.2. The van der Waals surface area contributed by atoms with Crippen molar-refractivity contribution in [1.82, 2.24) is 26.2 Å². The third-order valence-corrected chi connectivity index (χ3v) is 7.48. The fourth-order valence-electron chi connectivity index (χ4n) is 5.34. The molecule has 0 radical (unpaired) electrons. The Balaban J connectivity index is 1.41. The van der Waals surface area contributed by atoms with E-state index in [0.717, 1.165) is 24.8 Å². The molecule has 4 N–H and O–H groups in total. The summed E-state index contributed by atoms with van der Waals surface area (Å²) in [5.41, 5.74) is 1.58. The largest absolute Gasteiger partial charge is 0.497 e. The molecule has 2 aromatic rings. The van der Waals surface area contributed by atoms with Crippen LogP contribution in [0.1, 0.15) is 52.4 Å². The molecule has 2 atom stereocenters. The van der Waals surface area contributed by atoms with E-state index in [1.165, 1.54) is 7.11 Å². The number of fused-ring (bicyclic) bond motifs is 1. The van der Waals surface area contributed by atoms with E-state index >= 15 is 0 Å². The second kappa shape index (κ2) is 9.57. The van der Waals surface area contributed by atoms with Crippen molar-refractivity contribution in [3.05, 3.63) is 64.7 Å². The van der Waals surface area contributed by atoms with Crippen LogP contribution in [-0.2, 0) is 21.7 Å². The molecule has 37 heavy (non-hydrogen) atoms. The van der Waals surface area contributed by atoms with E-state index in [1.807, 2.05) is 6.07 Å². The van der Waals surface area contributed by atoms with Gasteiger partial charge in [0, 0.05) is 18.7 Å². The molecule has 0 bridgehead atoms. The molecule has 2 heterocycles. The summed E-state index contributed by atoms with van der Waals surface area (Å²) in [5, 5.41) is 10.0. The summed E-state index contributed by atoms with van der Waals surface area (Å²) >= 11 is 0. The fraction of sp³-hybridized carbons (Fsp3) is 0.346. The average Bonchev–Trinajstić information content (AvgIpc) is 3.32. The molecule has 192 valence electrons. The van der Waals surface area contributed by atoms with Gasteiger partial charge in [0.2, 0.25) is 6.41 Å². The number of rotatable bonds is 8. The van der Waals surface area contributed by atoms with E-state index in [9.17, 15) is 24.0 Å². The molecule has 1 saturated carbocycles. The smallest absolute Gasteiger partial charge is 0.322 e. The van der Waals surface area contributed by atoms with Crippen molar-refractivity contribution in [2.24, 2.45) is 5.92 Å². The second-order valence-electron chi connectivity index (χ2n) is 9.46. The van der Waals surface area contributed by atoms with Crippen molar-refractivity contribution in [3.8, 4) is 5.75 Å². The highest BCUT2D eigenvalue weighted by molar-refractivity contribution is 6.07. The highest BCUT2D eigenvalue weighted by atomic mass is 16.5. The van der Waals surface area contributed by atoms with E-state index in [4.69, 9.17) is 4.74 Å². The number of nitrogens with one attached hydrogen (secondary N) is 4. The zero-order chi connectivity index (χ0) is 26.2. The van der Waals surface area contributed by atoms with E-state index in [1.54, 1.807) is 41.3 Å². The monoisotopic (exact) mass is 505 g/mol. The Hall–Kier alpha value is -4.41. The first-order valence-electron chi connectivity index (χ1n) is 12.1. The van der Waals surface area contributed by atoms with Gasteiger partial charge in [-0.2, -0.15) is 0 Å². The number of carbonyl (C=O) groups is 5. The summed E-state index contributed by atoms with van der Waals surface area (Å²) < 4.78 is 5.23. The predicted octanol–water partition coefficient (Wildman–Crippen LogP) is 1.68. The lowest BCUT2D eigenvalue weighted by atomic mass is 9.67. The van der Waals surface area contributed by atoms with E-state index in [-0.39, 0.29) is 30.7 Å². The molecular formula is C26H27N5O6. The van der Waals surface area contributed by atoms with Gasteiger partial charge in [-0.05, 0) is 47.6 Å². The Morgan fingerprint density at radius 1 is 1.19 bits per heavy atom. The van der Waals surface area contributed by atoms with Gasteiger partial charge in [-0.25, -0.2) is 9.59 Å². The van der Waals surface area contributed by atoms with E-state index < -0.39 is 23.6 Å². The molecule has 2 aromatic carbocycles. The van der Waals surface area contributed by atoms with Crippen molar-refractivity contribution in [3.63, 3.8) is 0 Å². The normalized spacial score (nSPS) is 21.4. The van der Waals surface area contributed by atoms with Crippen LogP contribution in [0.5, 0.6) is 5.75 Å². The predicted molar refractivity (Wildman–Crippen MR) is 130 cm³/mol. The summed E-state index contributed by atoms with van der Waals surface area (Å²) in [4.78, 5) is 62.6. The maximum absolute atomic E-state index is 13.1. The third kappa shape index (κ3) is 4.26. The molecule has 1 aliphatic carbocycles. The minimum absolute atomic E-state index is 0.00481. The number of imide groups is 2. The van der Waals surface area contributed by atoms with E-state index in [0.29, 0.717) is 29.0 Å². The van der Waals surface area contributed by atoms with Crippen LogP contribution in [0.4, 0.5) is 9.59 Å². The van der Waals surface area contributed by atoms with Gasteiger partial charge in [0.1, 0.15) is 11.3 Å². The van der Waals surface area contributed by atoms with E-state index in [2.05, 4.69) is 21.3 Å². The Morgan fingerprint density at radius 3 is 2.54 bits per heavy atom. The van der Waals surface area contributed by atoms with Crippen LogP contribution in [-0.4, -0.2) is 48.8 Å². The van der Waals surface area contributed by atoms with Crippen LogP contribution in [0.25, 0.3) is 0 Å². The Morgan fingerprint density at radius 2 is 1.95 bits per heavy atom. The molecule has 0 spiro atoms. The first-order chi connectivity index (χ1) is 17.8. The molecule has 1 saturated heterocycles. The number of methoxy groups -OCH3 is 1. The van der Waals surface area contributed by atoms with Crippen molar-refractivity contribution in [1.29, 1.82) is 0 Å². The molecule has 1 unspecified atom stereocenters. The number of hydrogen-bond acceptors (Lipinski definition) is 6. The second-order valence-corrected chi connectivity index (χ2v) is 9.46. The maximum Gasteiger partial charge on any atom is 0.322 e. The van der Waals surface area contributed by atoms with Gasteiger partial charge in [0.25, 0.3) is 11.8 Å². The number of benzene rings is 2. The van der Waals surface area contributed by atoms with Gasteiger partial charge in [-0.15, -0.1) is 0 Å². The summed E-state index contributed by atoms with van der Waals surface area (Å²) in [5.74, 6) is 0.0102. The number of nitrogens with zero attached hydrogens (tertiary/aromatic N) is 1. The lowest BCUT2D eigenvalue weighted by Gasteiger charge is -2.40. The minimum atomic E-state index is -1.13. The number of hydrogen-bond donors (Lipinski definition) is 4. The molecule has 11 nitrogen and oxygen atoms in total. The van der Waals surface area contributed by atoms with Gasteiger partial charge in [0.05, 0.1) is 13.2 Å². The van der Waals surface area contributed by atoms with Gasteiger partial charge >= 0.3 is 12.1 Å². The molecule has 2 aliphatic heterocycles. The molecule has 7 amide bonds. The standard InChI is InChI=1S/C26H27N5O6/c1-37-19-10-7-16-12-31(22(33)20(16)11-19)13-21(28-24(35)27-14-32)15-5-8-18(9-6-15)26(17-3-2-4-17)23(34)29-25(36)30-26/h5-11,14,17,21H,2-4,12-13H2,1H3,(H2,27,28,32,35)(H2,29,30,34,36)/t21-,26?/m0/s1. The maximum atomic E-state index is 13.1. The SMILES string of the molecule is COc1ccc2c(c1)C(=O)N(C[C@H](NC(=O)NC=O)c1ccc(C3(C4CCC4)NC(=O)NC3=O)cc1)C2. The van der Waals surface area contributed by atoms with Crippen molar-refractivity contribution in [2.75, 3.05) is 13.7 Å². The van der Waals surface area contributed by atoms with Crippen LogP contribution in [0.3, 0.4) is 0 Å². The van der Waals surface area contributed by atoms with Crippen LogP contribution < -0.4 is 26.0 Å². The summed E-state index contributed by atoms with van der Waals surface area (Å²) in [7, 11) is 1.53. The van der Waals surface area contributed by atoms with Gasteiger partial charge < -0.3 is 20.3 Å². The van der Waals surface area contributed by atoms with Gasteiger partial charge in [0.15, 0.2) is 0 Å². The first kappa shape index (κ1) is 24.3. The molecule has 0 aromatic heterocycles. The number of urea groups is 2. The topological polar surface area (TPSA) is 146 Å². The van der Waals surface area contributed by atoms with Crippen molar-refractivity contribution in [2.45, 2.75) is 37.4 Å². The van der Waals surface area contributed by atoms with Gasteiger partial charge in [-0.1, -0.05) is 36.8 Å². The van der Waals surface area contributed by atoms with Crippen LogP contribution in [0.15, 0.2) is 42.5 Å². The third-order valence-electron chi connectivity index (χ3n) is 7.48.